The van der Waals surface area contributed by atoms with Gasteiger partial charge in [-0.05, 0) is 20.8 Å². The van der Waals surface area contributed by atoms with Crippen molar-refractivity contribution in [3.8, 4) is 0 Å². The molecule has 0 radical (unpaired) electrons. The highest BCUT2D eigenvalue weighted by molar-refractivity contribution is 8.00. The van der Waals surface area contributed by atoms with Gasteiger partial charge in [0.05, 0.1) is 18.1 Å². The SMILES string of the molecule is CC(C)OCCNC(=O)N1C(C)SCC1C(=O)O. The van der Waals surface area contributed by atoms with Gasteiger partial charge in [-0.3, -0.25) is 4.90 Å². The lowest BCUT2D eigenvalue weighted by Crippen LogP contribution is -2.50. The number of urea groups is 1. The predicted octanol–water partition coefficient (Wildman–Crippen LogP) is 0.969. The summed E-state index contributed by atoms with van der Waals surface area (Å²) in [6.45, 7) is 6.48. The first-order valence-corrected chi connectivity index (χ1v) is 7.00. The van der Waals surface area contributed by atoms with Crippen LogP contribution in [0.4, 0.5) is 4.79 Å². The van der Waals surface area contributed by atoms with E-state index in [1.165, 1.54) is 16.7 Å². The van der Waals surface area contributed by atoms with Crippen molar-refractivity contribution in [3.05, 3.63) is 0 Å². The quantitative estimate of drug-likeness (QED) is 0.731. The van der Waals surface area contributed by atoms with Crippen molar-refractivity contribution in [1.82, 2.24) is 10.2 Å². The fourth-order valence-electron chi connectivity index (χ4n) is 1.69. The molecule has 6 nitrogen and oxygen atoms in total. The van der Waals surface area contributed by atoms with E-state index in [-0.39, 0.29) is 17.5 Å². The Labute approximate surface area is 111 Å². The van der Waals surface area contributed by atoms with E-state index in [0.29, 0.717) is 18.9 Å². The van der Waals surface area contributed by atoms with Crippen molar-refractivity contribution in [1.29, 1.82) is 0 Å². The van der Waals surface area contributed by atoms with E-state index in [1.54, 1.807) is 0 Å². The Hall–Kier alpha value is -0.950. The lowest BCUT2D eigenvalue weighted by atomic mass is 10.3. The molecule has 0 aromatic carbocycles. The van der Waals surface area contributed by atoms with Crippen LogP contribution in [-0.4, -0.2) is 58.4 Å². The minimum absolute atomic E-state index is 0.114. The Bertz CT molecular complexity index is 311. The Kier molecular flexibility index (Phi) is 5.74. The molecule has 104 valence electrons. The van der Waals surface area contributed by atoms with E-state index >= 15 is 0 Å². The number of amides is 2. The smallest absolute Gasteiger partial charge is 0.327 e. The van der Waals surface area contributed by atoms with Crippen molar-refractivity contribution in [2.45, 2.75) is 38.3 Å². The highest BCUT2D eigenvalue weighted by Crippen LogP contribution is 2.28. The van der Waals surface area contributed by atoms with Crippen molar-refractivity contribution >= 4 is 23.8 Å². The van der Waals surface area contributed by atoms with Crippen LogP contribution >= 0.6 is 11.8 Å². The lowest BCUT2D eigenvalue weighted by Gasteiger charge is -2.25. The molecule has 0 bridgehead atoms. The van der Waals surface area contributed by atoms with Gasteiger partial charge >= 0.3 is 12.0 Å². The van der Waals surface area contributed by atoms with Crippen LogP contribution in [0.1, 0.15) is 20.8 Å². The summed E-state index contributed by atoms with van der Waals surface area (Å²) < 4.78 is 5.30. The second kappa shape index (κ2) is 6.84. The van der Waals surface area contributed by atoms with Crippen LogP contribution in [0.25, 0.3) is 0 Å². The third kappa shape index (κ3) is 4.06. The zero-order valence-electron chi connectivity index (χ0n) is 10.9. The van der Waals surface area contributed by atoms with Gasteiger partial charge in [0.25, 0.3) is 0 Å². The molecule has 2 atom stereocenters. The molecule has 0 saturated carbocycles. The molecule has 1 aliphatic heterocycles. The van der Waals surface area contributed by atoms with Gasteiger partial charge < -0.3 is 15.2 Å². The van der Waals surface area contributed by atoms with Crippen molar-refractivity contribution in [2.24, 2.45) is 0 Å². The van der Waals surface area contributed by atoms with E-state index in [1.807, 2.05) is 20.8 Å². The monoisotopic (exact) mass is 276 g/mol. The first-order valence-electron chi connectivity index (χ1n) is 5.95. The summed E-state index contributed by atoms with van der Waals surface area (Å²) in [5, 5.41) is 11.6. The number of ether oxygens (including phenoxy) is 1. The van der Waals surface area contributed by atoms with E-state index in [9.17, 15) is 9.59 Å². The summed E-state index contributed by atoms with van der Waals surface area (Å²) in [4.78, 5) is 24.3. The Balaban J connectivity index is 2.41. The van der Waals surface area contributed by atoms with Crippen molar-refractivity contribution < 1.29 is 19.4 Å². The molecular formula is C11H20N2O4S. The topological polar surface area (TPSA) is 78.9 Å². The van der Waals surface area contributed by atoms with Crippen molar-refractivity contribution in [2.75, 3.05) is 18.9 Å². The second-order valence-corrected chi connectivity index (χ2v) is 5.69. The Morgan fingerprint density at radius 1 is 1.56 bits per heavy atom. The van der Waals surface area contributed by atoms with Crippen LogP contribution in [0.2, 0.25) is 0 Å². The minimum Gasteiger partial charge on any atom is -0.480 e. The highest BCUT2D eigenvalue weighted by atomic mass is 32.2. The third-order valence-corrected chi connectivity index (χ3v) is 3.79. The van der Waals surface area contributed by atoms with Crippen LogP contribution < -0.4 is 5.32 Å². The van der Waals surface area contributed by atoms with Gasteiger partial charge in [-0.25, -0.2) is 9.59 Å². The summed E-state index contributed by atoms with van der Waals surface area (Å²) in [5.74, 6) is -0.521. The van der Waals surface area contributed by atoms with Gasteiger partial charge in [-0.2, -0.15) is 0 Å². The summed E-state index contributed by atoms with van der Waals surface area (Å²) in [5.41, 5.74) is 0. The van der Waals surface area contributed by atoms with Crippen LogP contribution in [0.5, 0.6) is 0 Å². The van der Waals surface area contributed by atoms with Gasteiger partial charge in [0.1, 0.15) is 6.04 Å². The number of nitrogens with one attached hydrogen (secondary N) is 1. The summed E-state index contributed by atoms with van der Waals surface area (Å²) in [7, 11) is 0. The fourth-order valence-corrected chi connectivity index (χ4v) is 2.85. The van der Waals surface area contributed by atoms with Crippen LogP contribution in [0, 0.1) is 0 Å². The normalized spacial score (nSPS) is 23.4. The number of hydrogen-bond acceptors (Lipinski definition) is 4. The number of thioether (sulfide) groups is 1. The number of nitrogens with zero attached hydrogens (tertiary/aromatic N) is 1. The van der Waals surface area contributed by atoms with E-state index in [4.69, 9.17) is 9.84 Å². The van der Waals surface area contributed by atoms with E-state index < -0.39 is 12.0 Å². The highest BCUT2D eigenvalue weighted by Gasteiger charge is 2.39. The summed E-state index contributed by atoms with van der Waals surface area (Å²) in [6, 6.07) is -1.08. The Morgan fingerprint density at radius 2 is 2.22 bits per heavy atom. The van der Waals surface area contributed by atoms with Gasteiger partial charge in [-0.15, -0.1) is 11.8 Å². The molecular weight excluding hydrogens is 256 g/mol. The minimum atomic E-state index is -0.958. The molecule has 2 N–H and O–H groups in total. The lowest BCUT2D eigenvalue weighted by molar-refractivity contribution is -0.141. The van der Waals surface area contributed by atoms with Crippen LogP contribution in [0.15, 0.2) is 0 Å². The summed E-state index contributed by atoms with van der Waals surface area (Å²) >= 11 is 1.47. The third-order valence-electron chi connectivity index (χ3n) is 2.57. The maximum absolute atomic E-state index is 11.9. The molecule has 1 aliphatic rings. The number of carboxylic acids is 1. The Morgan fingerprint density at radius 3 is 2.78 bits per heavy atom. The van der Waals surface area contributed by atoms with E-state index in [0.717, 1.165) is 0 Å². The van der Waals surface area contributed by atoms with Crippen LogP contribution in [0.3, 0.4) is 0 Å². The molecule has 2 unspecified atom stereocenters. The van der Waals surface area contributed by atoms with Gasteiger partial charge in [0.2, 0.25) is 0 Å². The van der Waals surface area contributed by atoms with Gasteiger partial charge in [0, 0.05) is 12.3 Å². The maximum atomic E-state index is 11.9. The molecule has 0 aromatic rings. The first kappa shape index (κ1) is 15.1. The second-order valence-electron chi connectivity index (χ2n) is 4.35. The molecule has 1 saturated heterocycles. The molecule has 1 heterocycles. The number of carbonyl (C=O) groups is 2. The largest absolute Gasteiger partial charge is 0.480 e. The number of aliphatic carboxylic acids is 1. The molecule has 7 heteroatoms. The zero-order chi connectivity index (χ0) is 13.7. The standard InChI is InChI=1S/C11H20N2O4S/c1-7(2)17-5-4-12-11(16)13-8(3)18-6-9(13)10(14)15/h7-9H,4-6H2,1-3H3,(H,12,16)(H,14,15). The number of hydrogen-bond donors (Lipinski definition) is 2. The maximum Gasteiger partial charge on any atom is 0.327 e. The summed E-state index contributed by atoms with van der Waals surface area (Å²) in [6.07, 6.45) is 0.120. The average molecular weight is 276 g/mol. The zero-order valence-corrected chi connectivity index (χ0v) is 11.7. The van der Waals surface area contributed by atoms with Gasteiger partial charge in [0.15, 0.2) is 0 Å². The van der Waals surface area contributed by atoms with Crippen molar-refractivity contribution in [3.63, 3.8) is 0 Å². The molecule has 2 amide bonds. The molecule has 0 aliphatic carbocycles. The van der Waals surface area contributed by atoms with E-state index in [2.05, 4.69) is 5.32 Å². The molecule has 0 spiro atoms. The molecule has 0 aromatic heterocycles. The van der Waals surface area contributed by atoms with Crippen LogP contribution in [-0.2, 0) is 9.53 Å². The average Bonchev–Trinajstić information content (AvgIpc) is 2.66. The first-order chi connectivity index (χ1) is 8.43. The number of carbonyl (C=O) groups excluding carboxylic acids is 1. The molecule has 1 rings (SSSR count). The predicted molar refractivity (Wildman–Crippen MR) is 69.7 cm³/mol. The molecule has 18 heavy (non-hydrogen) atoms. The fraction of sp³-hybridized carbons (Fsp3) is 0.818. The number of rotatable bonds is 5. The van der Waals surface area contributed by atoms with Gasteiger partial charge in [-0.1, -0.05) is 0 Å². The molecule has 1 fully saturated rings. The number of carboxylic acid groups (broad SMARTS) is 1.